The number of carboxylic acids is 1. The van der Waals surface area contributed by atoms with Gasteiger partial charge in [-0.2, -0.15) is 0 Å². The molecule has 0 saturated heterocycles. The van der Waals surface area contributed by atoms with Gasteiger partial charge in [0.15, 0.2) is 0 Å². The topological polar surface area (TPSA) is 46.5 Å². The standard InChI is InChI=1S/C14H20O3/c1-4-9-14(2,13(15)16)10-11-7-5-6-8-12(11)17-3/h5-8H,4,9-10H2,1-3H3,(H,15,16). The van der Waals surface area contributed by atoms with Gasteiger partial charge in [0.2, 0.25) is 0 Å². The van der Waals surface area contributed by atoms with Crippen LogP contribution >= 0.6 is 0 Å². The van der Waals surface area contributed by atoms with E-state index < -0.39 is 11.4 Å². The molecule has 17 heavy (non-hydrogen) atoms. The third kappa shape index (κ3) is 3.22. The Labute approximate surface area is 102 Å². The summed E-state index contributed by atoms with van der Waals surface area (Å²) in [7, 11) is 1.61. The molecule has 0 aliphatic carbocycles. The van der Waals surface area contributed by atoms with Crippen molar-refractivity contribution in [1.29, 1.82) is 0 Å². The van der Waals surface area contributed by atoms with Gasteiger partial charge in [-0.1, -0.05) is 31.5 Å². The maximum Gasteiger partial charge on any atom is 0.309 e. The quantitative estimate of drug-likeness (QED) is 0.825. The molecule has 1 atom stereocenters. The zero-order valence-electron chi connectivity index (χ0n) is 10.7. The summed E-state index contributed by atoms with van der Waals surface area (Å²) in [5.74, 6) is 0.0151. The van der Waals surface area contributed by atoms with Crippen molar-refractivity contribution >= 4 is 5.97 Å². The van der Waals surface area contributed by atoms with Crippen LogP contribution in [0.1, 0.15) is 32.3 Å². The summed E-state index contributed by atoms with van der Waals surface area (Å²) < 4.78 is 5.26. The Kier molecular flexibility index (Phi) is 4.55. The number of carbonyl (C=O) groups is 1. The molecule has 1 aromatic carbocycles. The largest absolute Gasteiger partial charge is 0.496 e. The van der Waals surface area contributed by atoms with Crippen molar-refractivity contribution in [3.05, 3.63) is 29.8 Å². The summed E-state index contributed by atoms with van der Waals surface area (Å²) in [5.41, 5.74) is 0.233. The van der Waals surface area contributed by atoms with Gasteiger partial charge >= 0.3 is 5.97 Å². The van der Waals surface area contributed by atoms with Crippen LogP contribution < -0.4 is 4.74 Å². The van der Waals surface area contributed by atoms with Crippen LogP contribution in [0.3, 0.4) is 0 Å². The highest BCUT2D eigenvalue weighted by Gasteiger charge is 2.33. The molecule has 1 aromatic rings. The average molecular weight is 236 g/mol. The fourth-order valence-electron chi connectivity index (χ4n) is 2.09. The van der Waals surface area contributed by atoms with Crippen LogP contribution in [0.4, 0.5) is 0 Å². The van der Waals surface area contributed by atoms with E-state index in [9.17, 15) is 9.90 Å². The average Bonchev–Trinajstić information content (AvgIpc) is 2.30. The lowest BCUT2D eigenvalue weighted by Gasteiger charge is -2.25. The van der Waals surface area contributed by atoms with Crippen molar-refractivity contribution in [1.82, 2.24) is 0 Å². The number of hydrogen-bond acceptors (Lipinski definition) is 2. The number of hydrogen-bond donors (Lipinski definition) is 1. The molecule has 3 nitrogen and oxygen atoms in total. The summed E-state index contributed by atoms with van der Waals surface area (Å²) in [6.45, 7) is 3.80. The number of benzene rings is 1. The molecule has 0 aliphatic rings. The van der Waals surface area contributed by atoms with E-state index in [1.165, 1.54) is 0 Å². The first-order valence-corrected chi connectivity index (χ1v) is 5.89. The Morgan fingerprint density at radius 2 is 2.06 bits per heavy atom. The summed E-state index contributed by atoms with van der Waals surface area (Å²) >= 11 is 0. The third-order valence-electron chi connectivity index (χ3n) is 3.09. The lowest BCUT2D eigenvalue weighted by atomic mass is 9.79. The Bertz CT molecular complexity index is 387. The van der Waals surface area contributed by atoms with E-state index in [2.05, 4.69) is 0 Å². The molecule has 0 bridgehead atoms. The molecule has 0 amide bonds. The van der Waals surface area contributed by atoms with E-state index >= 15 is 0 Å². The first-order valence-electron chi connectivity index (χ1n) is 5.89. The lowest BCUT2D eigenvalue weighted by molar-refractivity contribution is -0.148. The minimum atomic E-state index is -0.745. The van der Waals surface area contributed by atoms with Gasteiger partial charge in [-0.05, 0) is 31.4 Å². The van der Waals surface area contributed by atoms with Crippen molar-refractivity contribution in [2.45, 2.75) is 33.1 Å². The summed E-state index contributed by atoms with van der Waals surface area (Å²) in [4.78, 5) is 11.4. The number of methoxy groups -OCH3 is 1. The van der Waals surface area contributed by atoms with Crippen LogP contribution in [0.2, 0.25) is 0 Å². The predicted octanol–water partition coefficient (Wildman–Crippen LogP) is 3.13. The molecule has 0 heterocycles. The summed E-state index contributed by atoms with van der Waals surface area (Å²) in [6, 6.07) is 7.59. The van der Waals surface area contributed by atoms with Gasteiger partial charge in [-0.15, -0.1) is 0 Å². The second-order valence-corrected chi connectivity index (χ2v) is 4.60. The van der Waals surface area contributed by atoms with Crippen molar-refractivity contribution < 1.29 is 14.6 Å². The van der Waals surface area contributed by atoms with Gasteiger partial charge < -0.3 is 9.84 Å². The van der Waals surface area contributed by atoms with E-state index in [4.69, 9.17) is 4.74 Å². The molecule has 1 unspecified atom stereocenters. The molecule has 1 rings (SSSR count). The fourth-order valence-corrected chi connectivity index (χ4v) is 2.09. The molecule has 0 spiro atoms. The fraction of sp³-hybridized carbons (Fsp3) is 0.500. The van der Waals surface area contributed by atoms with E-state index in [1.54, 1.807) is 14.0 Å². The molecule has 0 aromatic heterocycles. The maximum absolute atomic E-state index is 11.4. The number of aliphatic carboxylic acids is 1. The van der Waals surface area contributed by atoms with Crippen molar-refractivity contribution in [3.8, 4) is 5.75 Å². The van der Waals surface area contributed by atoms with E-state index in [0.717, 1.165) is 17.7 Å². The monoisotopic (exact) mass is 236 g/mol. The van der Waals surface area contributed by atoms with Crippen LogP contribution in [0.25, 0.3) is 0 Å². The number of carboxylic acid groups (broad SMARTS) is 1. The second-order valence-electron chi connectivity index (χ2n) is 4.60. The van der Waals surface area contributed by atoms with Crippen LogP contribution in [-0.4, -0.2) is 18.2 Å². The first-order chi connectivity index (χ1) is 8.03. The van der Waals surface area contributed by atoms with Crippen molar-refractivity contribution in [3.63, 3.8) is 0 Å². The second kappa shape index (κ2) is 5.71. The van der Waals surface area contributed by atoms with Gasteiger partial charge in [0.05, 0.1) is 12.5 Å². The molecule has 0 fully saturated rings. The van der Waals surface area contributed by atoms with E-state index in [-0.39, 0.29) is 0 Å². The molecule has 94 valence electrons. The van der Waals surface area contributed by atoms with Gasteiger partial charge in [-0.25, -0.2) is 0 Å². The Morgan fingerprint density at radius 1 is 1.41 bits per heavy atom. The predicted molar refractivity (Wildman–Crippen MR) is 67.3 cm³/mol. The zero-order valence-corrected chi connectivity index (χ0v) is 10.7. The minimum absolute atomic E-state index is 0.500. The number of para-hydroxylation sites is 1. The molecular weight excluding hydrogens is 216 g/mol. The van der Waals surface area contributed by atoms with E-state index in [1.807, 2.05) is 31.2 Å². The summed E-state index contributed by atoms with van der Waals surface area (Å²) in [5, 5.41) is 9.35. The normalized spacial score (nSPS) is 14.1. The molecular formula is C14H20O3. The Morgan fingerprint density at radius 3 is 2.59 bits per heavy atom. The Hall–Kier alpha value is -1.51. The molecule has 3 heteroatoms. The molecule has 0 radical (unpaired) electrons. The molecule has 0 saturated carbocycles. The SMILES string of the molecule is CCCC(C)(Cc1ccccc1OC)C(=O)O. The number of ether oxygens (including phenoxy) is 1. The highest BCUT2D eigenvalue weighted by Crippen LogP contribution is 2.32. The van der Waals surface area contributed by atoms with Gasteiger partial charge in [0, 0.05) is 0 Å². The van der Waals surface area contributed by atoms with Crippen LogP contribution in [-0.2, 0) is 11.2 Å². The van der Waals surface area contributed by atoms with Crippen LogP contribution in [0.15, 0.2) is 24.3 Å². The highest BCUT2D eigenvalue weighted by atomic mass is 16.5. The van der Waals surface area contributed by atoms with Crippen molar-refractivity contribution in [2.24, 2.45) is 5.41 Å². The van der Waals surface area contributed by atoms with E-state index in [0.29, 0.717) is 12.8 Å². The lowest BCUT2D eigenvalue weighted by Crippen LogP contribution is -2.30. The molecule has 0 aliphatic heterocycles. The highest BCUT2D eigenvalue weighted by molar-refractivity contribution is 5.74. The smallest absolute Gasteiger partial charge is 0.309 e. The first kappa shape index (κ1) is 13.6. The van der Waals surface area contributed by atoms with Gasteiger partial charge in [0.1, 0.15) is 5.75 Å². The van der Waals surface area contributed by atoms with Crippen molar-refractivity contribution in [2.75, 3.05) is 7.11 Å². The van der Waals surface area contributed by atoms with Crippen LogP contribution in [0, 0.1) is 5.41 Å². The third-order valence-corrected chi connectivity index (χ3v) is 3.09. The number of rotatable bonds is 6. The maximum atomic E-state index is 11.4. The van der Waals surface area contributed by atoms with Crippen LogP contribution in [0.5, 0.6) is 5.75 Å². The molecule has 1 N–H and O–H groups in total. The minimum Gasteiger partial charge on any atom is -0.496 e. The summed E-state index contributed by atoms with van der Waals surface area (Å²) in [6.07, 6.45) is 2.03. The Balaban J connectivity index is 2.97. The van der Waals surface area contributed by atoms with Gasteiger partial charge in [0.25, 0.3) is 0 Å². The zero-order chi connectivity index (χ0) is 12.9. The van der Waals surface area contributed by atoms with Gasteiger partial charge in [-0.3, -0.25) is 4.79 Å².